The number of nitrogens with zero attached hydrogens (tertiary/aromatic N) is 2. The molecule has 2 N–H and O–H groups in total. The first-order chi connectivity index (χ1) is 7.67. The molecule has 0 atom stereocenters. The number of aryl methyl sites for hydroxylation is 2. The van der Waals surface area contributed by atoms with Crippen LogP contribution in [0.15, 0.2) is 18.3 Å². The van der Waals surface area contributed by atoms with Crippen LogP contribution in [0.1, 0.15) is 35.6 Å². The highest BCUT2D eigenvalue weighted by molar-refractivity contribution is 5.93. The van der Waals surface area contributed by atoms with E-state index in [1.807, 2.05) is 10.6 Å². The second-order valence-electron chi connectivity index (χ2n) is 3.72. The van der Waals surface area contributed by atoms with E-state index < -0.39 is 5.91 Å². The largest absolute Gasteiger partial charge is 0.366 e. The van der Waals surface area contributed by atoms with E-state index in [2.05, 4.69) is 18.8 Å². The lowest BCUT2D eigenvalue weighted by atomic mass is 10.2. The highest BCUT2D eigenvalue weighted by Crippen LogP contribution is 2.15. The van der Waals surface area contributed by atoms with Gasteiger partial charge in [-0.2, -0.15) is 0 Å². The molecule has 84 valence electrons. The van der Waals surface area contributed by atoms with Gasteiger partial charge in [0.1, 0.15) is 5.65 Å². The third kappa shape index (κ3) is 1.56. The van der Waals surface area contributed by atoms with Gasteiger partial charge in [-0.1, -0.05) is 13.8 Å². The van der Waals surface area contributed by atoms with Crippen LogP contribution in [-0.4, -0.2) is 15.3 Å². The van der Waals surface area contributed by atoms with Crippen molar-refractivity contribution >= 4 is 11.6 Å². The Hall–Kier alpha value is -1.84. The highest BCUT2D eigenvalue weighted by atomic mass is 16.1. The molecule has 0 fully saturated rings. The monoisotopic (exact) mass is 217 g/mol. The molecule has 0 aromatic carbocycles. The van der Waals surface area contributed by atoms with Gasteiger partial charge in [0.05, 0.1) is 5.69 Å². The van der Waals surface area contributed by atoms with Crippen LogP contribution in [-0.2, 0) is 12.8 Å². The number of aromatic nitrogens is 2. The lowest BCUT2D eigenvalue weighted by molar-refractivity contribution is 0.100. The fourth-order valence-electron chi connectivity index (χ4n) is 1.95. The zero-order valence-corrected chi connectivity index (χ0v) is 9.53. The Bertz CT molecular complexity index is 542. The molecule has 4 nitrogen and oxygen atoms in total. The van der Waals surface area contributed by atoms with Crippen molar-refractivity contribution in [1.29, 1.82) is 0 Å². The minimum atomic E-state index is -0.415. The predicted molar refractivity (Wildman–Crippen MR) is 62.5 cm³/mol. The molecule has 0 bridgehead atoms. The van der Waals surface area contributed by atoms with Crippen molar-refractivity contribution in [2.24, 2.45) is 5.73 Å². The van der Waals surface area contributed by atoms with E-state index in [1.54, 1.807) is 12.1 Å². The zero-order chi connectivity index (χ0) is 11.7. The van der Waals surface area contributed by atoms with Crippen molar-refractivity contribution in [3.8, 4) is 0 Å². The molecule has 16 heavy (non-hydrogen) atoms. The maximum absolute atomic E-state index is 11.1. The molecule has 2 heterocycles. The van der Waals surface area contributed by atoms with Crippen LogP contribution in [0.3, 0.4) is 0 Å². The molecule has 0 aliphatic carbocycles. The minimum Gasteiger partial charge on any atom is -0.366 e. The van der Waals surface area contributed by atoms with Gasteiger partial charge in [-0.15, -0.1) is 0 Å². The third-order valence-electron chi connectivity index (χ3n) is 2.76. The quantitative estimate of drug-likeness (QED) is 0.848. The Morgan fingerprint density at radius 2 is 2.19 bits per heavy atom. The maximum Gasteiger partial charge on any atom is 0.248 e. The van der Waals surface area contributed by atoms with Crippen molar-refractivity contribution in [3.63, 3.8) is 0 Å². The van der Waals surface area contributed by atoms with Crippen LogP contribution in [0.25, 0.3) is 5.65 Å². The molecule has 4 heteroatoms. The topological polar surface area (TPSA) is 60.4 Å². The van der Waals surface area contributed by atoms with Gasteiger partial charge < -0.3 is 10.1 Å². The Labute approximate surface area is 94.1 Å². The smallest absolute Gasteiger partial charge is 0.248 e. The van der Waals surface area contributed by atoms with Crippen LogP contribution in [0, 0.1) is 0 Å². The average Bonchev–Trinajstić information content (AvgIpc) is 2.65. The number of nitrogens with two attached hydrogens (primary N) is 1. The summed E-state index contributed by atoms with van der Waals surface area (Å²) in [6, 6.07) is 3.47. The maximum atomic E-state index is 11.1. The summed E-state index contributed by atoms with van der Waals surface area (Å²) in [5, 5.41) is 0. The zero-order valence-electron chi connectivity index (χ0n) is 9.53. The first kappa shape index (κ1) is 10.7. The summed E-state index contributed by atoms with van der Waals surface area (Å²) >= 11 is 0. The van der Waals surface area contributed by atoms with Crippen LogP contribution >= 0.6 is 0 Å². The van der Waals surface area contributed by atoms with E-state index >= 15 is 0 Å². The molecule has 2 rings (SSSR count). The molecule has 0 unspecified atom stereocenters. The SMILES string of the molecule is CCc1nc2cc(C(N)=O)ccn2c1CC. The molecule has 0 aliphatic heterocycles. The van der Waals surface area contributed by atoms with E-state index in [1.165, 1.54) is 5.69 Å². The lowest BCUT2D eigenvalue weighted by Crippen LogP contribution is -2.11. The fourth-order valence-corrected chi connectivity index (χ4v) is 1.95. The summed E-state index contributed by atoms with van der Waals surface area (Å²) in [6.45, 7) is 4.18. The normalized spacial score (nSPS) is 10.9. The molecule has 0 saturated heterocycles. The molecule has 2 aromatic heterocycles. The summed E-state index contributed by atoms with van der Waals surface area (Å²) in [7, 11) is 0. The van der Waals surface area contributed by atoms with Crippen molar-refractivity contribution < 1.29 is 4.79 Å². The molecule has 0 aliphatic rings. The van der Waals surface area contributed by atoms with E-state index in [0.29, 0.717) is 5.56 Å². The number of fused-ring (bicyclic) bond motifs is 1. The van der Waals surface area contributed by atoms with Gasteiger partial charge in [0.2, 0.25) is 5.91 Å². The summed E-state index contributed by atoms with van der Waals surface area (Å²) in [6.07, 6.45) is 3.69. The van der Waals surface area contributed by atoms with Gasteiger partial charge in [0.25, 0.3) is 0 Å². The lowest BCUT2D eigenvalue weighted by Gasteiger charge is -2.00. The summed E-state index contributed by atoms with van der Waals surface area (Å²) in [5.74, 6) is -0.415. The van der Waals surface area contributed by atoms with E-state index in [4.69, 9.17) is 5.73 Å². The second-order valence-corrected chi connectivity index (χ2v) is 3.72. The molecule has 0 spiro atoms. The Kier molecular flexibility index (Phi) is 2.64. The van der Waals surface area contributed by atoms with E-state index in [0.717, 1.165) is 24.2 Å². The number of hydrogen-bond acceptors (Lipinski definition) is 2. The summed E-state index contributed by atoms with van der Waals surface area (Å²) in [5.41, 5.74) is 8.83. The van der Waals surface area contributed by atoms with Crippen LogP contribution in [0.5, 0.6) is 0 Å². The van der Waals surface area contributed by atoms with Crippen molar-refractivity contribution in [1.82, 2.24) is 9.38 Å². The second kappa shape index (κ2) is 3.96. The van der Waals surface area contributed by atoms with Gasteiger partial charge in [-0.3, -0.25) is 4.79 Å². The first-order valence-electron chi connectivity index (χ1n) is 5.47. The number of amides is 1. The summed E-state index contributed by atoms with van der Waals surface area (Å²) < 4.78 is 2.02. The van der Waals surface area contributed by atoms with Crippen LogP contribution in [0.2, 0.25) is 0 Å². The number of rotatable bonds is 3. The van der Waals surface area contributed by atoms with Gasteiger partial charge in [-0.05, 0) is 25.0 Å². The third-order valence-corrected chi connectivity index (χ3v) is 2.76. The van der Waals surface area contributed by atoms with Crippen LogP contribution in [0.4, 0.5) is 0 Å². The molecule has 0 radical (unpaired) electrons. The Morgan fingerprint density at radius 1 is 1.44 bits per heavy atom. The molecule has 1 amide bonds. The van der Waals surface area contributed by atoms with Gasteiger partial charge in [-0.25, -0.2) is 4.98 Å². The average molecular weight is 217 g/mol. The standard InChI is InChI=1S/C12H15N3O/c1-3-9-10(4-2)15-6-5-8(12(13)16)7-11(15)14-9/h5-7H,3-4H2,1-2H3,(H2,13,16). The van der Waals surface area contributed by atoms with Gasteiger partial charge in [0.15, 0.2) is 0 Å². The van der Waals surface area contributed by atoms with Crippen molar-refractivity contribution in [2.45, 2.75) is 26.7 Å². The van der Waals surface area contributed by atoms with Crippen LogP contribution < -0.4 is 5.73 Å². The first-order valence-corrected chi connectivity index (χ1v) is 5.47. The fraction of sp³-hybridized carbons (Fsp3) is 0.333. The number of hydrogen-bond donors (Lipinski definition) is 1. The van der Waals surface area contributed by atoms with Crippen molar-refractivity contribution in [2.75, 3.05) is 0 Å². The number of carbonyl (C=O) groups excluding carboxylic acids is 1. The highest BCUT2D eigenvalue weighted by Gasteiger charge is 2.10. The van der Waals surface area contributed by atoms with E-state index in [-0.39, 0.29) is 0 Å². The molecular formula is C12H15N3O. The summed E-state index contributed by atoms with van der Waals surface area (Å²) in [4.78, 5) is 15.6. The van der Waals surface area contributed by atoms with E-state index in [9.17, 15) is 4.79 Å². The molecule has 0 saturated carbocycles. The predicted octanol–water partition coefficient (Wildman–Crippen LogP) is 1.56. The number of primary amides is 1. The number of imidazole rings is 1. The Balaban J connectivity index is 2.67. The van der Waals surface area contributed by atoms with Crippen molar-refractivity contribution in [3.05, 3.63) is 35.3 Å². The molecule has 2 aromatic rings. The minimum absolute atomic E-state index is 0.415. The number of pyridine rings is 1. The number of carbonyl (C=O) groups is 1. The van der Waals surface area contributed by atoms with Gasteiger partial charge in [0, 0.05) is 17.5 Å². The molecular weight excluding hydrogens is 202 g/mol. The van der Waals surface area contributed by atoms with Gasteiger partial charge >= 0.3 is 0 Å². The Morgan fingerprint density at radius 3 is 2.75 bits per heavy atom.